The van der Waals surface area contributed by atoms with Crippen LogP contribution in [0.15, 0.2) is 48.5 Å². The third-order valence-corrected chi connectivity index (χ3v) is 3.31. The first-order valence-corrected chi connectivity index (χ1v) is 7.02. The summed E-state index contributed by atoms with van der Waals surface area (Å²) in [4.78, 5) is 0. The molecule has 0 aliphatic carbocycles. The van der Waals surface area contributed by atoms with Gasteiger partial charge in [0.1, 0.15) is 0 Å². The molecule has 0 heterocycles. The molecule has 0 radical (unpaired) electrons. The molecule has 2 aromatic carbocycles. The van der Waals surface area contributed by atoms with E-state index in [1.165, 1.54) is 41.5 Å². The molecule has 0 atom stereocenters. The monoisotopic (exact) mass is 238 g/mol. The molecule has 0 heteroatoms. The first kappa shape index (κ1) is 12.9. The molecular weight excluding hydrogens is 216 g/mol. The zero-order valence-corrected chi connectivity index (χ0v) is 11.4. The van der Waals surface area contributed by atoms with Crippen LogP contribution in [0, 0.1) is 0 Å². The van der Waals surface area contributed by atoms with Crippen LogP contribution < -0.4 is 0 Å². The van der Waals surface area contributed by atoms with Crippen molar-refractivity contribution in [1.82, 2.24) is 0 Å². The molecule has 2 rings (SSSR count). The van der Waals surface area contributed by atoms with Gasteiger partial charge in [-0.15, -0.1) is 0 Å². The average molecular weight is 238 g/mol. The predicted octanol–water partition coefficient (Wildman–Crippen LogP) is 5.26. The first-order chi connectivity index (χ1) is 8.85. The van der Waals surface area contributed by atoms with Crippen LogP contribution in [-0.2, 0) is 12.8 Å². The zero-order chi connectivity index (χ0) is 12.8. The SMILES string of the molecule is CCCc1cccc(-c2ccccc2CCC)c1. The summed E-state index contributed by atoms with van der Waals surface area (Å²) in [7, 11) is 0. The highest BCUT2D eigenvalue weighted by atomic mass is 14.1. The van der Waals surface area contributed by atoms with Gasteiger partial charge in [0.25, 0.3) is 0 Å². The highest BCUT2D eigenvalue weighted by molar-refractivity contribution is 5.68. The summed E-state index contributed by atoms with van der Waals surface area (Å²) in [5.74, 6) is 0. The van der Waals surface area contributed by atoms with Crippen LogP contribution in [0.5, 0.6) is 0 Å². The summed E-state index contributed by atoms with van der Waals surface area (Å²) in [5, 5.41) is 0. The Morgan fingerprint density at radius 1 is 0.778 bits per heavy atom. The largest absolute Gasteiger partial charge is 0.0651 e. The van der Waals surface area contributed by atoms with Gasteiger partial charge in [0.2, 0.25) is 0 Å². The van der Waals surface area contributed by atoms with Crippen molar-refractivity contribution in [2.24, 2.45) is 0 Å². The third-order valence-electron chi connectivity index (χ3n) is 3.31. The molecule has 0 aliphatic heterocycles. The van der Waals surface area contributed by atoms with Crippen molar-refractivity contribution in [2.45, 2.75) is 39.5 Å². The van der Waals surface area contributed by atoms with E-state index in [-0.39, 0.29) is 0 Å². The van der Waals surface area contributed by atoms with E-state index in [4.69, 9.17) is 0 Å². The maximum atomic E-state index is 2.35. The molecule has 0 nitrogen and oxygen atoms in total. The molecule has 0 fully saturated rings. The van der Waals surface area contributed by atoms with Gasteiger partial charge in [-0.25, -0.2) is 0 Å². The van der Waals surface area contributed by atoms with Gasteiger partial charge >= 0.3 is 0 Å². The van der Waals surface area contributed by atoms with Crippen LogP contribution >= 0.6 is 0 Å². The summed E-state index contributed by atoms with van der Waals surface area (Å²) < 4.78 is 0. The topological polar surface area (TPSA) is 0 Å². The Kier molecular flexibility index (Phi) is 4.58. The molecule has 0 unspecified atom stereocenters. The molecule has 0 saturated heterocycles. The lowest BCUT2D eigenvalue weighted by atomic mass is 9.95. The normalized spacial score (nSPS) is 10.6. The van der Waals surface area contributed by atoms with E-state index in [2.05, 4.69) is 62.4 Å². The molecule has 0 bridgehead atoms. The average Bonchev–Trinajstić information content (AvgIpc) is 2.40. The van der Waals surface area contributed by atoms with E-state index >= 15 is 0 Å². The predicted molar refractivity (Wildman–Crippen MR) is 79.9 cm³/mol. The van der Waals surface area contributed by atoms with Crippen molar-refractivity contribution in [1.29, 1.82) is 0 Å². The van der Waals surface area contributed by atoms with Gasteiger partial charge < -0.3 is 0 Å². The van der Waals surface area contributed by atoms with Crippen LogP contribution in [0.25, 0.3) is 11.1 Å². The number of aryl methyl sites for hydroxylation is 2. The zero-order valence-electron chi connectivity index (χ0n) is 11.4. The molecule has 0 aliphatic rings. The molecular formula is C18H22. The van der Waals surface area contributed by atoms with E-state index < -0.39 is 0 Å². The second-order valence-corrected chi connectivity index (χ2v) is 4.86. The number of hydrogen-bond acceptors (Lipinski definition) is 0. The van der Waals surface area contributed by atoms with Crippen molar-refractivity contribution in [3.05, 3.63) is 59.7 Å². The van der Waals surface area contributed by atoms with E-state index in [1.54, 1.807) is 0 Å². The third kappa shape index (κ3) is 3.01. The summed E-state index contributed by atoms with van der Waals surface area (Å²) >= 11 is 0. The van der Waals surface area contributed by atoms with Crippen LogP contribution in [0.2, 0.25) is 0 Å². The van der Waals surface area contributed by atoms with Crippen LogP contribution in [0.3, 0.4) is 0 Å². The van der Waals surface area contributed by atoms with Gasteiger partial charge in [-0.3, -0.25) is 0 Å². The maximum Gasteiger partial charge on any atom is -0.0152 e. The van der Waals surface area contributed by atoms with E-state index in [0.29, 0.717) is 0 Å². The van der Waals surface area contributed by atoms with Crippen molar-refractivity contribution in [3.8, 4) is 11.1 Å². The van der Waals surface area contributed by atoms with Crippen LogP contribution in [0.4, 0.5) is 0 Å². The fourth-order valence-electron chi connectivity index (χ4n) is 2.47. The molecule has 0 spiro atoms. The lowest BCUT2D eigenvalue weighted by Gasteiger charge is -2.10. The van der Waals surface area contributed by atoms with Crippen molar-refractivity contribution >= 4 is 0 Å². The first-order valence-electron chi connectivity index (χ1n) is 7.02. The van der Waals surface area contributed by atoms with Crippen molar-refractivity contribution in [2.75, 3.05) is 0 Å². The minimum atomic E-state index is 1.16. The van der Waals surface area contributed by atoms with Crippen LogP contribution in [0.1, 0.15) is 37.8 Å². The Hall–Kier alpha value is -1.56. The van der Waals surface area contributed by atoms with E-state index in [0.717, 1.165) is 6.42 Å². The molecule has 0 amide bonds. The van der Waals surface area contributed by atoms with E-state index in [9.17, 15) is 0 Å². The Morgan fingerprint density at radius 3 is 2.33 bits per heavy atom. The second kappa shape index (κ2) is 6.39. The number of hydrogen-bond donors (Lipinski definition) is 0. The van der Waals surface area contributed by atoms with Gasteiger partial charge in [0.15, 0.2) is 0 Å². The summed E-state index contributed by atoms with van der Waals surface area (Å²) in [6.45, 7) is 4.47. The lowest BCUT2D eigenvalue weighted by Crippen LogP contribution is -1.90. The van der Waals surface area contributed by atoms with Gasteiger partial charge in [0.05, 0.1) is 0 Å². The molecule has 0 saturated carbocycles. The van der Waals surface area contributed by atoms with Crippen LogP contribution in [-0.4, -0.2) is 0 Å². The quantitative estimate of drug-likeness (QED) is 0.666. The van der Waals surface area contributed by atoms with Crippen molar-refractivity contribution < 1.29 is 0 Å². The minimum absolute atomic E-state index is 1.16. The molecule has 2 aromatic rings. The Balaban J connectivity index is 2.38. The molecule has 0 N–H and O–H groups in total. The fraction of sp³-hybridized carbons (Fsp3) is 0.333. The molecule has 0 aromatic heterocycles. The molecule has 94 valence electrons. The summed E-state index contributed by atoms with van der Waals surface area (Å²) in [6, 6.07) is 17.8. The minimum Gasteiger partial charge on any atom is -0.0651 e. The standard InChI is InChI=1S/C18H22/c1-3-8-15-10-7-12-17(14-15)18-13-6-5-11-16(18)9-4-2/h5-7,10-14H,3-4,8-9H2,1-2H3. The Morgan fingerprint density at radius 2 is 1.56 bits per heavy atom. The van der Waals surface area contributed by atoms with Gasteiger partial charge in [-0.2, -0.15) is 0 Å². The maximum absolute atomic E-state index is 2.35. The lowest BCUT2D eigenvalue weighted by molar-refractivity contribution is 0.919. The highest BCUT2D eigenvalue weighted by Crippen LogP contribution is 2.25. The summed E-state index contributed by atoms with van der Waals surface area (Å²) in [6.07, 6.45) is 4.74. The fourth-order valence-corrected chi connectivity index (χ4v) is 2.47. The van der Waals surface area contributed by atoms with Gasteiger partial charge in [-0.1, -0.05) is 75.2 Å². The summed E-state index contributed by atoms with van der Waals surface area (Å²) in [5.41, 5.74) is 5.68. The Labute approximate surface area is 111 Å². The van der Waals surface area contributed by atoms with Crippen molar-refractivity contribution in [3.63, 3.8) is 0 Å². The number of benzene rings is 2. The van der Waals surface area contributed by atoms with Gasteiger partial charge in [-0.05, 0) is 35.1 Å². The van der Waals surface area contributed by atoms with E-state index in [1.807, 2.05) is 0 Å². The smallest absolute Gasteiger partial charge is 0.0152 e. The second-order valence-electron chi connectivity index (χ2n) is 4.86. The Bertz CT molecular complexity index is 497. The highest BCUT2D eigenvalue weighted by Gasteiger charge is 2.04. The molecule has 18 heavy (non-hydrogen) atoms. The van der Waals surface area contributed by atoms with Gasteiger partial charge in [0, 0.05) is 0 Å². The number of rotatable bonds is 5.